The van der Waals surface area contributed by atoms with E-state index >= 15 is 0 Å². The summed E-state index contributed by atoms with van der Waals surface area (Å²) in [7, 11) is 0. The third-order valence-electron chi connectivity index (χ3n) is 8.84. The van der Waals surface area contributed by atoms with Gasteiger partial charge < -0.3 is 9.84 Å². The van der Waals surface area contributed by atoms with Crippen LogP contribution in [0.5, 0.6) is 0 Å². The van der Waals surface area contributed by atoms with Crippen LogP contribution in [0.4, 0.5) is 0 Å². The second kappa shape index (κ2) is 8.00. The maximum atomic E-state index is 12.2. The number of hydrogen-bond donors (Lipinski definition) is 1. The molecule has 1 saturated heterocycles. The zero-order chi connectivity index (χ0) is 22.7. The first-order valence-corrected chi connectivity index (χ1v) is 13.1. The zero-order valence-corrected chi connectivity index (χ0v) is 20.3. The predicted octanol–water partition coefficient (Wildman–Crippen LogP) is 6.20. The number of thioether (sulfide) groups is 1. The first-order valence-electron chi connectivity index (χ1n) is 11.9. The van der Waals surface area contributed by atoms with Crippen molar-refractivity contribution in [3.63, 3.8) is 0 Å². The Kier molecular flexibility index (Phi) is 5.55. The standard InChI is InChI=1S/C28H34O3S/c1-17(2)28(30)14-13-24-23-11-7-19-15-20(29)8-12-22(19)25(23)26(31-16-27(24,28)3)18-5-9-21(32-4)10-6-18/h5-6,9-10,15,23-24,26,30H,1,7-8,11-14,16H2,2-4H3/t23-,24-,26+,27-,28+/m0/s1. The van der Waals surface area contributed by atoms with Crippen LogP contribution in [0.15, 0.2) is 64.1 Å². The summed E-state index contributed by atoms with van der Waals surface area (Å²) in [6.07, 6.45) is 8.96. The monoisotopic (exact) mass is 450 g/mol. The number of carbonyl (C=O) groups is 1. The minimum atomic E-state index is -0.899. The molecule has 1 aliphatic heterocycles. The number of carbonyl (C=O) groups excluding carboxylic acids is 1. The summed E-state index contributed by atoms with van der Waals surface area (Å²) >= 11 is 1.74. The van der Waals surface area contributed by atoms with E-state index in [0.29, 0.717) is 24.9 Å². The Labute approximate surface area is 196 Å². The van der Waals surface area contributed by atoms with Gasteiger partial charge >= 0.3 is 0 Å². The smallest absolute Gasteiger partial charge is 0.156 e. The Morgan fingerprint density at radius 3 is 2.62 bits per heavy atom. The van der Waals surface area contributed by atoms with E-state index in [-0.39, 0.29) is 17.3 Å². The van der Waals surface area contributed by atoms with E-state index in [0.717, 1.165) is 37.7 Å². The molecule has 0 unspecified atom stereocenters. The second-order valence-corrected chi connectivity index (χ2v) is 11.3. The van der Waals surface area contributed by atoms with Gasteiger partial charge in [-0.3, -0.25) is 4.79 Å². The van der Waals surface area contributed by atoms with Crippen molar-refractivity contribution >= 4 is 17.5 Å². The molecular formula is C28H34O3S. The Balaban J connectivity index is 1.67. The minimum absolute atomic E-state index is 0.125. The van der Waals surface area contributed by atoms with E-state index in [2.05, 4.69) is 44.0 Å². The third kappa shape index (κ3) is 3.21. The normalized spacial score (nSPS) is 36.7. The van der Waals surface area contributed by atoms with Crippen molar-refractivity contribution in [2.45, 2.75) is 69.0 Å². The van der Waals surface area contributed by atoms with Gasteiger partial charge in [-0.1, -0.05) is 25.6 Å². The van der Waals surface area contributed by atoms with Crippen LogP contribution in [0.25, 0.3) is 0 Å². The van der Waals surface area contributed by atoms with Crippen molar-refractivity contribution in [1.82, 2.24) is 0 Å². The lowest BCUT2D eigenvalue weighted by Crippen LogP contribution is -2.49. The molecule has 0 spiro atoms. The summed E-state index contributed by atoms with van der Waals surface area (Å²) in [5.41, 5.74) is 4.72. The van der Waals surface area contributed by atoms with Gasteiger partial charge in [0.25, 0.3) is 0 Å². The van der Waals surface area contributed by atoms with Crippen molar-refractivity contribution in [1.29, 1.82) is 0 Å². The van der Waals surface area contributed by atoms with E-state index < -0.39 is 5.60 Å². The maximum absolute atomic E-state index is 12.2. The van der Waals surface area contributed by atoms with Gasteiger partial charge in [-0.25, -0.2) is 0 Å². The first kappa shape index (κ1) is 22.2. The van der Waals surface area contributed by atoms with Gasteiger partial charge in [0, 0.05) is 16.7 Å². The molecule has 0 radical (unpaired) electrons. The zero-order valence-electron chi connectivity index (χ0n) is 19.4. The number of benzene rings is 1. The van der Waals surface area contributed by atoms with E-state index in [9.17, 15) is 9.90 Å². The van der Waals surface area contributed by atoms with Gasteiger partial charge in [-0.05, 0) is 103 Å². The molecule has 5 rings (SSSR count). The van der Waals surface area contributed by atoms with Gasteiger partial charge in [0.15, 0.2) is 5.78 Å². The number of rotatable bonds is 3. The average Bonchev–Trinajstić information content (AvgIpc) is 2.97. The first-order chi connectivity index (χ1) is 15.3. The molecule has 1 heterocycles. The van der Waals surface area contributed by atoms with Gasteiger partial charge in [0.2, 0.25) is 0 Å². The lowest BCUT2D eigenvalue weighted by molar-refractivity contribution is -0.114. The SMILES string of the molecule is C=C(C)[C@]1(O)CC[C@H]2[C@@H]3CCC4=CC(=O)CCC4=C3[C@@H](c3ccc(SC)cc3)OC[C@@]21C. The number of allylic oxidation sites excluding steroid dienone is 3. The van der Waals surface area contributed by atoms with Crippen LogP contribution in [0.3, 0.4) is 0 Å². The quantitative estimate of drug-likeness (QED) is 0.440. The second-order valence-electron chi connectivity index (χ2n) is 10.4. The molecular weight excluding hydrogens is 416 g/mol. The molecule has 1 aromatic carbocycles. The summed E-state index contributed by atoms with van der Waals surface area (Å²) in [6.45, 7) is 8.88. The maximum Gasteiger partial charge on any atom is 0.156 e. The summed E-state index contributed by atoms with van der Waals surface area (Å²) in [5, 5.41) is 11.8. The molecule has 1 N–H and O–H groups in total. The highest BCUT2D eigenvalue weighted by molar-refractivity contribution is 7.98. The van der Waals surface area contributed by atoms with Crippen LogP contribution in [0, 0.1) is 17.3 Å². The van der Waals surface area contributed by atoms with E-state index in [1.165, 1.54) is 27.2 Å². The van der Waals surface area contributed by atoms with Gasteiger partial charge in [0.1, 0.15) is 6.10 Å². The van der Waals surface area contributed by atoms with E-state index in [1.54, 1.807) is 11.8 Å². The summed E-state index contributed by atoms with van der Waals surface area (Å²) in [6, 6.07) is 8.74. The molecule has 4 heteroatoms. The average molecular weight is 451 g/mol. The van der Waals surface area contributed by atoms with E-state index in [4.69, 9.17) is 4.74 Å². The third-order valence-corrected chi connectivity index (χ3v) is 9.58. The van der Waals surface area contributed by atoms with Crippen molar-refractivity contribution in [2.75, 3.05) is 12.9 Å². The van der Waals surface area contributed by atoms with Crippen LogP contribution in [-0.2, 0) is 9.53 Å². The lowest BCUT2D eigenvalue weighted by Gasteiger charge is -2.45. The number of hydrogen-bond acceptors (Lipinski definition) is 4. The number of aliphatic hydroxyl groups is 1. The summed E-state index contributed by atoms with van der Waals surface area (Å²) < 4.78 is 6.79. The molecule has 170 valence electrons. The van der Waals surface area contributed by atoms with Crippen LogP contribution in [-0.4, -0.2) is 29.4 Å². The van der Waals surface area contributed by atoms with Crippen molar-refractivity contribution < 1.29 is 14.6 Å². The highest BCUT2D eigenvalue weighted by Gasteiger charge is 2.61. The molecule has 0 aromatic heterocycles. The molecule has 4 aliphatic rings. The summed E-state index contributed by atoms with van der Waals surface area (Å²) in [5.74, 6) is 0.961. The number of ketones is 1. The van der Waals surface area contributed by atoms with Crippen molar-refractivity contribution in [3.8, 4) is 0 Å². The Bertz CT molecular complexity index is 1020. The van der Waals surface area contributed by atoms with Gasteiger partial charge in [-0.15, -0.1) is 11.8 Å². The van der Waals surface area contributed by atoms with Crippen molar-refractivity contribution in [2.24, 2.45) is 17.3 Å². The molecule has 0 amide bonds. The highest BCUT2D eigenvalue weighted by atomic mass is 32.2. The molecule has 2 fully saturated rings. The molecule has 32 heavy (non-hydrogen) atoms. The molecule has 1 aromatic rings. The fraction of sp³-hybridized carbons (Fsp3) is 0.536. The minimum Gasteiger partial charge on any atom is -0.385 e. The van der Waals surface area contributed by atoms with Crippen LogP contribution in [0.1, 0.15) is 64.0 Å². The number of fused-ring (bicyclic) bond motifs is 4. The largest absolute Gasteiger partial charge is 0.385 e. The van der Waals surface area contributed by atoms with E-state index in [1.807, 2.05) is 13.0 Å². The molecule has 5 atom stereocenters. The van der Waals surface area contributed by atoms with Crippen molar-refractivity contribution in [3.05, 3.63) is 64.8 Å². The molecule has 1 saturated carbocycles. The fourth-order valence-corrected chi connectivity index (χ4v) is 7.43. The Morgan fingerprint density at radius 1 is 1.19 bits per heavy atom. The molecule has 0 bridgehead atoms. The highest BCUT2D eigenvalue weighted by Crippen LogP contribution is 2.63. The molecule has 3 nitrogen and oxygen atoms in total. The van der Waals surface area contributed by atoms with Gasteiger partial charge in [-0.2, -0.15) is 0 Å². The van der Waals surface area contributed by atoms with Gasteiger partial charge in [0.05, 0.1) is 12.2 Å². The topological polar surface area (TPSA) is 46.5 Å². The lowest BCUT2D eigenvalue weighted by atomic mass is 9.61. The predicted molar refractivity (Wildman–Crippen MR) is 130 cm³/mol. The van der Waals surface area contributed by atoms with Crippen LogP contribution >= 0.6 is 11.8 Å². The molecule has 3 aliphatic carbocycles. The Hall–Kier alpha value is -1.62. The number of ether oxygens (including phenoxy) is 1. The van der Waals surface area contributed by atoms with Crippen LogP contribution < -0.4 is 0 Å². The summed E-state index contributed by atoms with van der Waals surface area (Å²) in [4.78, 5) is 13.4. The fourth-order valence-electron chi connectivity index (χ4n) is 7.02. The Morgan fingerprint density at radius 2 is 1.94 bits per heavy atom. The van der Waals surface area contributed by atoms with Crippen LogP contribution in [0.2, 0.25) is 0 Å².